The van der Waals surface area contributed by atoms with Gasteiger partial charge in [-0.1, -0.05) is 12.1 Å². The molecule has 2 aromatic rings. The molecule has 23 heavy (non-hydrogen) atoms. The largest absolute Gasteiger partial charge is 0.452 e. The maximum Gasteiger partial charge on any atom is 0.427 e. The zero-order chi connectivity index (χ0) is 16.8. The highest BCUT2D eigenvalue weighted by molar-refractivity contribution is 9.10. The first-order valence-corrected chi connectivity index (χ1v) is 7.34. The molecular weight excluding hydrogens is 366 g/mol. The number of amides is 2. The second-order valence-corrected chi connectivity index (χ2v) is 5.22. The number of benzene rings is 1. The third-order valence-corrected chi connectivity index (χ3v) is 3.28. The monoisotopic (exact) mass is 379 g/mol. The van der Waals surface area contributed by atoms with Gasteiger partial charge in [-0.25, -0.2) is 10.2 Å². The van der Waals surface area contributed by atoms with Crippen molar-refractivity contribution >= 4 is 39.3 Å². The average Bonchev–Trinajstić information content (AvgIpc) is 2.99. The Kier molecular flexibility index (Phi) is 5.53. The molecule has 0 atom stereocenters. The number of carbonyl (C=O) groups is 2. The van der Waals surface area contributed by atoms with E-state index in [0.717, 1.165) is 5.56 Å². The molecule has 0 saturated carbocycles. The molecule has 0 saturated heterocycles. The number of anilines is 1. The lowest BCUT2D eigenvalue weighted by Gasteiger charge is -2.05. The molecule has 0 fully saturated rings. The molecule has 7 nitrogen and oxygen atoms in total. The van der Waals surface area contributed by atoms with Crippen LogP contribution in [0.15, 0.2) is 50.6 Å². The van der Waals surface area contributed by atoms with Crippen molar-refractivity contribution in [2.24, 2.45) is 5.10 Å². The van der Waals surface area contributed by atoms with E-state index in [2.05, 4.69) is 36.5 Å². The highest BCUT2D eigenvalue weighted by atomic mass is 79.9. The molecule has 2 N–H and O–H groups in total. The maximum absolute atomic E-state index is 11.9. The fourth-order valence-electron chi connectivity index (χ4n) is 1.66. The van der Waals surface area contributed by atoms with Crippen molar-refractivity contribution in [3.63, 3.8) is 0 Å². The Bertz CT molecular complexity index is 737. The summed E-state index contributed by atoms with van der Waals surface area (Å²) < 4.78 is 10.1. The fraction of sp³-hybridized carbons (Fsp3) is 0.133. The summed E-state index contributed by atoms with van der Waals surface area (Å²) >= 11 is 3.14. The second-order valence-electron chi connectivity index (χ2n) is 4.44. The number of hydrazone groups is 1. The number of rotatable bonds is 4. The lowest BCUT2D eigenvalue weighted by atomic mass is 10.1. The van der Waals surface area contributed by atoms with Gasteiger partial charge in [-0.15, -0.1) is 0 Å². The number of nitrogens with zero attached hydrogens (tertiary/aromatic N) is 1. The smallest absolute Gasteiger partial charge is 0.427 e. The lowest BCUT2D eigenvalue weighted by Crippen LogP contribution is -2.18. The summed E-state index contributed by atoms with van der Waals surface area (Å²) in [5, 5.41) is 6.60. The van der Waals surface area contributed by atoms with Crippen molar-refractivity contribution in [1.29, 1.82) is 0 Å². The molecule has 1 aromatic heterocycles. The van der Waals surface area contributed by atoms with E-state index in [-0.39, 0.29) is 11.7 Å². The predicted molar refractivity (Wildman–Crippen MR) is 88.6 cm³/mol. The van der Waals surface area contributed by atoms with E-state index in [0.29, 0.717) is 16.1 Å². The van der Waals surface area contributed by atoms with E-state index in [9.17, 15) is 9.59 Å². The zero-order valence-electron chi connectivity index (χ0n) is 12.4. The summed E-state index contributed by atoms with van der Waals surface area (Å²) in [6.45, 7) is 1.74. The molecule has 0 unspecified atom stereocenters. The Labute approximate surface area is 140 Å². The summed E-state index contributed by atoms with van der Waals surface area (Å²) in [6, 6.07) is 10.2. The van der Waals surface area contributed by atoms with Gasteiger partial charge in [-0.05, 0) is 52.7 Å². The minimum Gasteiger partial charge on any atom is -0.452 e. The lowest BCUT2D eigenvalue weighted by molar-refractivity contribution is 0.0995. The van der Waals surface area contributed by atoms with Gasteiger partial charge >= 0.3 is 6.09 Å². The molecule has 0 aliphatic heterocycles. The number of ether oxygens (including phenoxy) is 1. The molecular formula is C15H14BrN3O4. The van der Waals surface area contributed by atoms with Crippen molar-refractivity contribution in [3.8, 4) is 0 Å². The summed E-state index contributed by atoms with van der Waals surface area (Å²) in [4.78, 5) is 22.9. The Morgan fingerprint density at radius 3 is 2.43 bits per heavy atom. The maximum atomic E-state index is 11.9. The Hall–Kier alpha value is -2.61. The summed E-state index contributed by atoms with van der Waals surface area (Å²) in [7, 11) is 1.26. The van der Waals surface area contributed by atoms with Crippen LogP contribution >= 0.6 is 15.9 Å². The van der Waals surface area contributed by atoms with Crippen LogP contribution in [0.2, 0.25) is 0 Å². The van der Waals surface area contributed by atoms with Gasteiger partial charge in [0.2, 0.25) is 0 Å². The number of carbonyl (C=O) groups excluding carboxylic acids is 2. The number of hydrogen-bond acceptors (Lipinski definition) is 5. The van der Waals surface area contributed by atoms with Gasteiger partial charge in [0.15, 0.2) is 10.4 Å². The molecule has 120 valence electrons. The molecule has 0 bridgehead atoms. The molecule has 2 rings (SSSR count). The van der Waals surface area contributed by atoms with Gasteiger partial charge in [0.25, 0.3) is 5.91 Å². The van der Waals surface area contributed by atoms with Crippen molar-refractivity contribution in [2.45, 2.75) is 6.92 Å². The average molecular weight is 380 g/mol. The molecule has 1 heterocycles. The van der Waals surface area contributed by atoms with Crippen LogP contribution in [-0.2, 0) is 4.74 Å². The SMILES string of the molecule is COC(=O)N/N=C(\C)c1ccc(NC(=O)c2ccc(Br)o2)cc1. The first-order chi connectivity index (χ1) is 11.0. The number of halogens is 1. The minimum atomic E-state index is -0.641. The summed E-state index contributed by atoms with van der Waals surface area (Å²) in [5.41, 5.74) is 4.24. The Balaban J connectivity index is 2.01. The molecule has 0 radical (unpaired) electrons. The van der Waals surface area contributed by atoms with Gasteiger partial charge in [0, 0.05) is 5.69 Å². The zero-order valence-corrected chi connectivity index (χ0v) is 14.0. The molecule has 1 aromatic carbocycles. The number of nitrogens with one attached hydrogen (secondary N) is 2. The van der Waals surface area contributed by atoms with E-state index in [1.54, 1.807) is 43.3 Å². The third kappa shape index (κ3) is 4.68. The van der Waals surface area contributed by atoms with Crippen molar-refractivity contribution in [3.05, 3.63) is 52.4 Å². The first-order valence-electron chi connectivity index (χ1n) is 6.55. The van der Waals surface area contributed by atoms with Crippen LogP contribution in [0.5, 0.6) is 0 Å². The van der Waals surface area contributed by atoms with Crippen LogP contribution < -0.4 is 10.7 Å². The van der Waals surface area contributed by atoms with Gasteiger partial charge < -0.3 is 14.5 Å². The number of hydrogen-bond donors (Lipinski definition) is 2. The van der Waals surface area contributed by atoms with Gasteiger partial charge in [0.1, 0.15) is 0 Å². The van der Waals surface area contributed by atoms with E-state index >= 15 is 0 Å². The Morgan fingerprint density at radius 2 is 1.87 bits per heavy atom. The predicted octanol–water partition coefficient (Wildman–Crippen LogP) is 3.37. The first kappa shape index (κ1) is 16.8. The second kappa shape index (κ2) is 7.59. The van der Waals surface area contributed by atoms with E-state index in [1.807, 2.05) is 0 Å². The van der Waals surface area contributed by atoms with Gasteiger partial charge in [-0.2, -0.15) is 5.10 Å². The van der Waals surface area contributed by atoms with Crippen LogP contribution in [0.4, 0.5) is 10.5 Å². The highest BCUT2D eigenvalue weighted by Gasteiger charge is 2.10. The van der Waals surface area contributed by atoms with Gasteiger partial charge in [-0.3, -0.25) is 4.79 Å². The molecule has 0 aliphatic rings. The quantitative estimate of drug-likeness (QED) is 0.628. The molecule has 0 spiro atoms. The third-order valence-electron chi connectivity index (χ3n) is 2.86. The normalized spacial score (nSPS) is 11.0. The molecule has 2 amide bonds. The van der Waals surface area contributed by atoms with Crippen LogP contribution in [-0.4, -0.2) is 24.8 Å². The molecule has 0 aliphatic carbocycles. The summed E-state index contributed by atoms with van der Waals surface area (Å²) in [6.07, 6.45) is -0.641. The van der Waals surface area contributed by atoms with Crippen molar-refractivity contribution in [2.75, 3.05) is 12.4 Å². The van der Waals surface area contributed by atoms with E-state index in [1.165, 1.54) is 7.11 Å². The molecule has 8 heteroatoms. The van der Waals surface area contributed by atoms with Gasteiger partial charge in [0.05, 0.1) is 12.8 Å². The standard InChI is InChI=1S/C15H14BrN3O4/c1-9(18-19-15(21)22-2)10-3-5-11(6-4-10)17-14(20)12-7-8-13(16)23-12/h3-8H,1-2H3,(H,17,20)(H,19,21)/b18-9+. The number of methoxy groups -OCH3 is 1. The van der Waals surface area contributed by atoms with E-state index < -0.39 is 6.09 Å². The minimum absolute atomic E-state index is 0.209. The van der Waals surface area contributed by atoms with Crippen LogP contribution in [0, 0.1) is 0 Å². The fourth-order valence-corrected chi connectivity index (χ4v) is 1.97. The summed E-state index contributed by atoms with van der Waals surface area (Å²) in [5.74, 6) is -0.137. The van der Waals surface area contributed by atoms with Crippen LogP contribution in [0.25, 0.3) is 0 Å². The topological polar surface area (TPSA) is 92.9 Å². The Morgan fingerprint density at radius 1 is 1.17 bits per heavy atom. The van der Waals surface area contributed by atoms with E-state index in [4.69, 9.17) is 4.42 Å². The van der Waals surface area contributed by atoms with Crippen LogP contribution in [0.3, 0.4) is 0 Å². The highest BCUT2D eigenvalue weighted by Crippen LogP contribution is 2.16. The van der Waals surface area contributed by atoms with Crippen molar-refractivity contribution in [1.82, 2.24) is 5.43 Å². The van der Waals surface area contributed by atoms with Crippen molar-refractivity contribution < 1.29 is 18.7 Å². The number of furan rings is 1. The van der Waals surface area contributed by atoms with Crippen LogP contribution in [0.1, 0.15) is 23.0 Å².